The van der Waals surface area contributed by atoms with Crippen LogP contribution in [0.1, 0.15) is 50.7 Å². The average molecular weight is 462 g/mol. The van der Waals surface area contributed by atoms with E-state index in [1.54, 1.807) is 7.11 Å². The number of likely N-dealkylation sites (tertiary alicyclic amines) is 1. The highest BCUT2D eigenvalue weighted by Gasteiger charge is 2.32. The molecule has 2 N–H and O–H groups in total. The molecule has 180 valence electrons. The molecule has 3 aromatic rings. The van der Waals surface area contributed by atoms with Gasteiger partial charge in [0.1, 0.15) is 5.75 Å². The van der Waals surface area contributed by atoms with Crippen LogP contribution in [0.2, 0.25) is 0 Å². The summed E-state index contributed by atoms with van der Waals surface area (Å²) in [6.45, 7) is 7.61. The Morgan fingerprint density at radius 2 is 1.76 bits per heavy atom. The second-order valence-electron chi connectivity index (χ2n) is 10.2. The van der Waals surface area contributed by atoms with E-state index in [1.807, 2.05) is 56.1 Å². The van der Waals surface area contributed by atoms with Crippen LogP contribution in [0.4, 0.5) is 0 Å². The van der Waals surface area contributed by atoms with Crippen molar-refractivity contribution in [2.75, 3.05) is 26.7 Å². The molecule has 6 nitrogen and oxygen atoms in total. The molecule has 6 heteroatoms. The van der Waals surface area contributed by atoms with Crippen molar-refractivity contribution in [3.05, 3.63) is 65.9 Å². The van der Waals surface area contributed by atoms with E-state index in [9.17, 15) is 9.59 Å². The number of aromatic nitrogens is 1. The molecule has 1 aromatic heterocycles. The highest BCUT2D eigenvalue weighted by molar-refractivity contribution is 5.85. The first kappa shape index (κ1) is 23.9. The molecule has 0 aliphatic carbocycles. The van der Waals surface area contributed by atoms with Gasteiger partial charge in [0.05, 0.1) is 7.11 Å². The Morgan fingerprint density at radius 3 is 2.41 bits per heavy atom. The van der Waals surface area contributed by atoms with Gasteiger partial charge in [0.15, 0.2) is 0 Å². The molecule has 0 spiro atoms. The minimum absolute atomic E-state index is 0.00793. The van der Waals surface area contributed by atoms with E-state index in [2.05, 4.69) is 34.6 Å². The van der Waals surface area contributed by atoms with Crippen molar-refractivity contribution in [3.8, 4) is 5.75 Å². The molecule has 1 unspecified atom stereocenters. The first-order valence-electron chi connectivity index (χ1n) is 12.0. The standard InChI is InChI=1S/C28H35N3O3/c1-28(2,3)27(33)31-15-13-20(14-16-31)26(32)30-17-23(19-9-11-21(34-4)12-10-19)24-18-29-25-8-6-5-7-22(24)25/h5-12,18,20,23,29H,13-17H2,1-4H3,(H,30,32). The maximum atomic E-state index is 13.1. The van der Waals surface area contributed by atoms with Gasteiger partial charge >= 0.3 is 0 Å². The highest BCUT2D eigenvalue weighted by Crippen LogP contribution is 2.32. The van der Waals surface area contributed by atoms with Crippen LogP contribution < -0.4 is 10.1 Å². The summed E-state index contributed by atoms with van der Waals surface area (Å²) in [6.07, 6.45) is 3.45. The number of hydrogen-bond acceptors (Lipinski definition) is 3. The number of hydrogen-bond donors (Lipinski definition) is 2. The van der Waals surface area contributed by atoms with Crippen LogP contribution in [0.15, 0.2) is 54.7 Å². The second kappa shape index (κ2) is 9.92. The predicted octanol–water partition coefficient (Wildman–Crippen LogP) is 4.71. The zero-order valence-electron chi connectivity index (χ0n) is 20.6. The van der Waals surface area contributed by atoms with Gasteiger partial charge in [-0.15, -0.1) is 0 Å². The lowest BCUT2D eigenvalue weighted by atomic mass is 9.89. The van der Waals surface area contributed by atoms with Crippen molar-refractivity contribution in [3.63, 3.8) is 0 Å². The number of methoxy groups -OCH3 is 1. The molecular formula is C28H35N3O3. The largest absolute Gasteiger partial charge is 0.497 e. The fourth-order valence-electron chi connectivity index (χ4n) is 4.79. The summed E-state index contributed by atoms with van der Waals surface area (Å²) in [4.78, 5) is 30.9. The number of carbonyl (C=O) groups is 2. The number of ether oxygens (including phenoxy) is 1. The van der Waals surface area contributed by atoms with Gasteiger partial charge < -0.3 is 19.9 Å². The predicted molar refractivity (Wildman–Crippen MR) is 135 cm³/mol. The van der Waals surface area contributed by atoms with E-state index in [1.165, 1.54) is 0 Å². The minimum atomic E-state index is -0.389. The average Bonchev–Trinajstić information content (AvgIpc) is 3.27. The molecule has 0 bridgehead atoms. The van der Waals surface area contributed by atoms with Gasteiger partial charge in [0, 0.05) is 54.0 Å². The van der Waals surface area contributed by atoms with E-state index in [4.69, 9.17) is 4.74 Å². The Balaban J connectivity index is 1.47. The lowest BCUT2D eigenvalue weighted by molar-refractivity contribution is -0.142. The molecule has 1 saturated heterocycles. The summed E-state index contributed by atoms with van der Waals surface area (Å²) in [6, 6.07) is 16.3. The number of piperidine rings is 1. The lowest BCUT2D eigenvalue weighted by Crippen LogP contribution is -2.47. The molecule has 0 radical (unpaired) electrons. The highest BCUT2D eigenvalue weighted by atomic mass is 16.5. The summed E-state index contributed by atoms with van der Waals surface area (Å²) in [5.74, 6) is 0.977. The number of aromatic amines is 1. The number of rotatable bonds is 6. The zero-order valence-corrected chi connectivity index (χ0v) is 20.6. The molecule has 4 rings (SSSR count). The number of benzene rings is 2. The summed E-state index contributed by atoms with van der Waals surface area (Å²) in [5.41, 5.74) is 2.97. The molecule has 2 heterocycles. The molecule has 2 amide bonds. The van der Waals surface area contributed by atoms with Crippen LogP contribution in [0.5, 0.6) is 5.75 Å². The zero-order chi connectivity index (χ0) is 24.3. The molecule has 1 aliphatic heterocycles. The number of H-pyrrole nitrogens is 1. The van der Waals surface area contributed by atoms with E-state index in [0.29, 0.717) is 32.5 Å². The van der Waals surface area contributed by atoms with Crippen LogP contribution in [-0.2, 0) is 9.59 Å². The Kier molecular flexibility index (Phi) is 6.96. The smallest absolute Gasteiger partial charge is 0.227 e. The van der Waals surface area contributed by atoms with E-state index in [0.717, 1.165) is 27.8 Å². The minimum Gasteiger partial charge on any atom is -0.497 e. The van der Waals surface area contributed by atoms with Crippen molar-refractivity contribution in [2.45, 2.75) is 39.5 Å². The SMILES string of the molecule is COc1ccc(C(CNC(=O)C2CCN(C(=O)C(C)(C)C)CC2)c2c[nH]c3ccccc23)cc1. The monoisotopic (exact) mass is 461 g/mol. The normalized spacial score (nSPS) is 15.8. The molecule has 1 aliphatic rings. The van der Waals surface area contributed by atoms with Gasteiger partial charge in [-0.1, -0.05) is 51.1 Å². The van der Waals surface area contributed by atoms with Crippen LogP contribution in [0, 0.1) is 11.3 Å². The molecule has 34 heavy (non-hydrogen) atoms. The third kappa shape index (κ3) is 5.11. The number of carbonyl (C=O) groups excluding carboxylic acids is 2. The number of amides is 2. The summed E-state index contributed by atoms with van der Waals surface area (Å²) >= 11 is 0. The van der Waals surface area contributed by atoms with Gasteiger partial charge in [-0.25, -0.2) is 0 Å². The number of nitrogens with zero attached hydrogens (tertiary/aromatic N) is 1. The van der Waals surface area contributed by atoms with Crippen molar-refractivity contribution in [1.29, 1.82) is 0 Å². The quantitative estimate of drug-likeness (QED) is 0.558. The maximum Gasteiger partial charge on any atom is 0.227 e. The Morgan fingerprint density at radius 1 is 1.09 bits per heavy atom. The van der Waals surface area contributed by atoms with Crippen molar-refractivity contribution < 1.29 is 14.3 Å². The van der Waals surface area contributed by atoms with Crippen molar-refractivity contribution in [2.24, 2.45) is 11.3 Å². The maximum absolute atomic E-state index is 13.1. The number of nitrogens with one attached hydrogen (secondary N) is 2. The molecule has 1 fully saturated rings. The number of fused-ring (bicyclic) bond motifs is 1. The third-order valence-electron chi connectivity index (χ3n) is 6.79. The molecule has 0 saturated carbocycles. The molecular weight excluding hydrogens is 426 g/mol. The van der Waals surface area contributed by atoms with Gasteiger partial charge in [0.25, 0.3) is 0 Å². The third-order valence-corrected chi connectivity index (χ3v) is 6.79. The van der Waals surface area contributed by atoms with Gasteiger partial charge in [-0.05, 0) is 42.2 Å². The van der Waals surface area contributed by atoms with Crippen molar-refractivity contribution in [1.82, 2.24) is 15.2 Å². The fraction of sp³-hybridized carbons (Fsp3) is 0.429. The lowest BCUT2D eigenvalue weighted by Gasteiger charge is -2.35. The Labute approximate surface area is 201 Å². The Hall–Kier alpha value is -3.28. The van der Waals surface area contributed by atoms with Gasteiger partial charge in [-0.3, -0.25) is 9.59 Å². The van der Waals surface area contributed by atoms with E-state index >= 15 is 0 Å². The van der Waals surface area contributed by atoms with Crippen LogP contribution in [0.3, 0.4) is 0 Å². The van der Waals surface area contributed by atoms with E-state index < -0.39 is 0 Å². The van der Waals surface area contributed by atoms with Gasteiger partial charge in [-0.2, -0.15) is 0 Å². The summed E-state index contributed by atoms with van der Waals surface area (Å²) in [5, 5.41) is 4.38. The van der Waals surface area contributed by atoms with Crippen molar-refractivity contribution >= 4 is 22.7 Å². The Bertz CT molecular complexity index is 1140. The van der Waals surface area contributed by atoms with Crippen LogP contribution in [0.25, 0.3) is 10.9 Å². The van der Waals surface area contributed by atoms with Crippen LogP contribution in [-0.4, -0.2) is 48.4 Å². The topological polar surface area (TPSA) is 74.4 Å². The van der Waals surface area contributed by atoms with E-state index in [-0.39, 0.29) is 29.1 Å². The second-order valence-corrected chi connectivity index (χ2v) is 10.2. The molecule has 2 aromatic carbocycles. The first-order chi connectivity index (χ1) is 16.3. The summed E-state index contributed by atoms with van der Waals surface area (Å²) in [7, 11) is 1.66. The van der Waals surface area contributed by atoms with Gasteiger partial charge in [0.2, 0.25) is 11.8 Å². The summed E-state index contributed by atoms with van der Waals surface area (Å²) < 4.78 is 5.33. The fourth-order valence-corrected chi connectivity index (χ4v) is 4.79. The number of para-hydroxylation sites is 1. The first-order valence-corrected chi connectivity index (χ1v) is 12.0. The van der Waals surface area contributed by atoms with Crippen LogP contribution >= 0.6 is 0 Å². The molecule has 1 atom stereocenters.